The van der Waals surface area contributed by atoms with Crippen LogP contribution >= 0.6 is 0 Å². The van der Waals surface area contributed by atoms with Gasteiger partial charge in [0.15, 0.2) is 0 Å². The number of benzene rings is 2. The van der Waals surface area contributed by atoms with Crippen molar-refractivity contribution in [2.24, 2.45) is 0 Å². The van der Waals surface area contributed by atoms with E-state index in [-0.39, 0.29) is 11.8 Å². The summed E-state index contributed by atoms with van der Waals surface area (Å²) in [4.78, 5) is 18.3. The number of carbonyl (C=O) groups excluding carboxylic acids is 1. The van der Waals surface area contributed by atoms with Gasteiger partial charge in [-0.25, -0.2) is 14.2 Å². The average molecular weight is 315 g/mol. The van der Waals surface area contributed by atoms with Gasteiger partial charge >= 0.3 is 6.09 Å². The van der Waals surface area contributed by atoms with E-state index in [1.54, 1.807) is 18.2 Å². The van der Waals surface area contributed by atoms with Crippen LogP contribution < -0.4 is 5.32 Å². The first-order valence-electron chi connectivity index (χ1n) is 6.85. The number of hydrogen-bond acceptors (Lipinski definition) is 4. The van der Waals surface area contributed by atoms with Crippen LogP contribution in [0.1, 0.15) is 17.2 Å². The number of rotatable bonds is 3. The molecule has 0 saturated carbocycles. The molecule has 118 valence electrons. The van der Waals surface area contributed by atoms with Crippen molar-refractivity contribution >= 4 is 23.1 Å². The molecule has 2 aromatic carbocycles. The van der Waals surface area contributed by atoms with E-state index in [0.29, 0.717) is 22.2 Å². The first kappa shape index (κ1) is 15.0. The van der Waals surface area contributed by atoms with Crippen LogP contribution in [-0.2, 0) is 4.74 Å². The Morgan fingerprint density at radius 3 is 2.65 bits per heavy atom. The SMILES string of the molecule is COC(=O)Nc1nc2ccc([C@H](O)c3ccc(F)cc3)cc2[nH]1. The summed E-state index contributed by atoms with van der Waals surface area (Å²) in [5.74, 6) is -0.108. The molecule has 0 fully saturated rings. The van der Waals surface area contributed by atoms with Gasteiger partial charge in [0, 0.05) is 0 Å². The molecule has 7 heteroatoms. The van der Waals surface area contributed by atoms with E-state index in [1.165, 1.54) is 31.4 Å². The monoisotopic (exact) mass is 315 g/mol. The maximum Gasteiger partial charge on any atom is 0.413 e. The van der Waals surface area contributed by atoms with Crippen LogP contribution in [0.3, 0.4) is 0 Å². The molecule has 0 aliphatic carbocycles. The summed E-state index contributed by atoms with van der Waals surface area (Å²) < 4.78 is 17.5. The normalized spacial score (nSPS) is 12.1. The number of fused-ring (bicyclic) bond motifs is 1. The number of aromatic nitrogens is 2. The number of nitrogens with zero attached hydrogens (tertiary/aromatic N) is 1. The minimum Gasteiger partial charge on any atom is -0.453 e. The van der Waals surface area contributed by atoms with Gasteiger partial charge in [0.05, 0.1) is 18.1 Å². The van der Waals surface area contributed by atoms with Crippen molar-refractivity contribution in [2.45, 2.75) is 6.10 Å². The van der Waals surface area contributed by atoms with E-state index < -0.39 is 12.2 Å². The van der Waals surface area contributed by atoms with Crippen LogP contribution in [0.15, 0.2) is 42.5 Å². The van der Waals surface area contributed by atoms with Gasteiger partial charge in [0.25, 0.3) is 0 Å². The minimum atomic E-state index is -0.889. The molecule has 1 amide bonds. The zero-order valence-electron chi connectivity index (χ0n) is 12.2. The Balaban J connectivity index is 1.90. The van der Waals surface area contributed by atoms with E-state index in [9.17, 15) is 14.3 Å². The fourth-order valence-corrected chi connectivity index (χ4v) is 2.24. The quantitative estimate of drug-likeness (QED) is 0.693. The molecule has 0 saturated heterocycles. The maximum absolute atomic E-state index is 13.0. The largest absolute Gasteiger partial charge is 0.453 e. The van der Waals surface area contributed by atoms with E-state index in [1.807, 2.05) is 0 Å². The van der Waals surface area contributed by atoms with E-state index in [0.717, 1.165) is 0 Å². The topological polar surface area (TPSA) is 87.2 Å². The van der Waals surface area contributed by atoms with Gasteiger partial charge in [0.2, 0.25) is 5.95 Å². The Morgan fingerprint density at radius 2 is 1.96 bits per heavy atom. The third-order valence-corrected chi connectivity index (χ3v) is 3.41. The number of aliphatic hydroxyl groups is 1. The van der Waals surface area contributed by atoms with Crippen LogP contribution in [0, 0.1) is 5.82 Å². The van der Waals surface area contributed by atoms with Gasteiger partial charge in [-0.05, 0) is 35.4 Å². The summed E-state index contributed by atoms with van der Waals surface area (Å²) in [5, 5.41) is 12.8. The van der Waals surface area contributed by atoms with Crippen LogP contribution in [0.25, 0.3) is 11.0 Å². The smallest absolute Gasteiger partial charge is 0.413 e. The predicted molar refractivity (Wildman–Crippen MR) is 82.6 cm³/mol. The summed E-state index contributed by atoms with van der Waals surface area (Å²) in [7, 11) is 1.26. The standard InChI is InChI=1S/C16H14FN3O3/c1-23-16(22)20-15-18-12-7-4-10(8-13(12)19-15)14(21)9-2-5-11(17)6-3-9/h2-8,14,21H,1H3,(H2,18,19,20,22)/t14-/m1/s1. The minimum absolute atomic E-state index is 0.250. The Kier molecular flexibility index (Phi) is 3.94. The number of methoxy groups -OCH3 is 1. The third-order valence-electron chi connectivity index (χ3n) is 3.41. The third kappa shape index (κ3) is 3.14. The van der Waals surface area contributed by atoms with Crippen LogP contribution in [0.4, 0.5) is 15.1 Å². The molecular formula is C16H14FN3O3. The zero-order chi connectivity index (χ0) is 16.4. The lowest BCUT2D eigenvalue weighted by Crippen LogP contribution is -2.11. The number of hydrogen-bond donors (Lipinski definition) is 3. The van der Waals surface area contributed by atoms with Crippen molar-refractivity contribution in [1.29, 1.82) is 0 Å². The van der Waals surface area contributed by atoms with Crippen molar-refractivity contribution in [3.63, 3.8) is 0 Å². The summed E-state index contributed by atoms with van der Waals surface area (Å²) in [6, 6.07) is 10.8. The van der Waals surface area contributed by atoms with Crippen molar-refractivity contribution in [2.75, 3.05) is 12.4 Å². The second-order valence-corrected chi connectivity index (χ2v) is 4.93. The Morgan fingerprint density at radius 1 is 1.26 bits per heavy atom. The van der Waals surface area contributed by atoms with Crippen molar-refractivity contribution in [3.8, 4) is 0 Å². The fraction of sp³-hybridized carbons (Fsp3) is 0.125. The maximum atomic E-state index is 13.0. The Labute approximate surface area is 130 Å². The zero-order valence-corrected chi connectivity index (χ0v) is 12.2. The lowest BCUT2D eigenvalue weighted by molar-refractivity contribution is 0.186. The molecule has 1 aromatic heterocycles. The van der Waals surface area contributed by atoms with Gasteiger partial charge in [0.1, 0.15) is 11.9 Å². The first-order valence-corrected chi connectivity index (χ1v) is 6.85. The molecule has 0 spiro atoms. The highest BCUT2D eigenvalue weighted by molar-refractivity contribution is 5.86. The lowest BCUT2D eigenvalue weighted by atomic mass is 10.0. The molecular weight excluding hydrogens is 301 g/mol. The van der Waals surface area contributed by atoms with Gasteiger partial charge in [-0.15, -0.1) is 0 Å². The second-order valence-electron chi connectivity index (χ2n) is 4.93. The number of ether oxygens (including phenoxy) is 1. The lowest BCUT2D eigenvalue weighted by Gasteiger charge is -2.11. The molecule has 23 heavy (non-hydrogen) atoms. The number of aliphatic hydroxyl groups excluding tert-OH is 1. The number of halogens is 1. The van der Waals surface area contributed by atoms with E-state index in [2.05, 4.69) is 20.0 Å². The number of aromatic amines is 1. The van der Waals surface area contributed by atoms with Crippen LogP contribution in [0.2, 0.25) is 0 Å². The summed E-state index contributed by atoms with van der Waals surface area (Å²) in [5.41, 5.74) is 2.48. The second kappa shape index (κ2) is 6.05. The molecule has 3 N–H and O–H groups in total. The highest BCUT2D eigenvalue weighted by Crippen LogP contribution is 2.25. The number of H-pyrrole nitrogens is 1. The number of carbonyl (C=O) groups is 1. The van der Waals surface area contributed by atoms with Crippen molar-refractivity contribution in [3.05, 3.63) is 59.4 Å². The van der Waals surface area contributed by atoms with Gasteiger partial charge < -0.3 is 14.8 Å². The highest BCUT2D eigenvalue weighted by Gasteiger charge is 2.13. The number of nitrogens with one attached hydrogen (secondary N) is 2. The summed E-state index contributed by atoms with van der Waals surface area (Å²) in [6.45, 7) is 0. The molecule has 0 aliphatic rings. The molecule has 6 nitrogen and oxygen atoms in total. The molecule has 3 aromatic rings. The Hall–Kier alpha value is -2.93. The molecule has 1 atom stereocenters. The van der Waals surface area contributed by atoms with Crippen molar-refractivity contribution < 1.29 is 19.0 Å². The van der Waals surface area contributed by atoms with Crippen LogP contribution in [0.5, 0.6) is 0 Å². The predicted octanol–water partition coefficient (Wildman–Crippen LogP) is 2.96. The molecule has 0 unspecified atom stereocenters. The highest BCUT2D eigenvalue weighted by atomic mass is 19.1. The van der Waals surface area contributed by atoms with Crippen molar-refractivity contribution in [1.82, 2.24) is 9.97 Å². The van der Waals surface area contributed by atoms with Gasteiger partial charge in [-0.1, -0.05) is 18.2 Å². The molecule has 0 bridgehead atoms. The summed E-state index contributed by atoms with van der Waals surface area (Å²) in [6.07, 6.45) is -1.52. The fourth-order valence-electron chi connectivity index (χ4n) is 2.24. The molecule has 0 radical (unpaired) electrons. The molecule has 0 aliphatic heterocycles. The molecule has 3 rings (SSSR count). The summed E-state index contributed by atoms with van der Waals surface area (Å²) >= 11 is 0. The average Bonchev–Trinajstić information content (AvgIpc) is 2.96. The molecule has 1 heterocycles. The van der Waals surface area contributed by atoms with E-state index in [4.69, 9.17) is 0 Å². The Bertz CT molecular complexity index is 845. The first-order chi connectivity index (χ1) is 11.1. The van der Waals surface area contributed by atoms with Gasteiger partial charge in [-0.2, -0.15) is 0 Å². The van der Waals surface area contributed by atoms with Gasteiger partial charge in [-0.3, -0.25) is 5.32 Å². The van der Waals surface area contributed by atoms with Crippen LogP contribution in [-0.4, -0.2) is 28.3 Å². The number of anilines is 1. The number of amides is 1. The number of imidazole rings is 1. The van der Waals surface area contributed by atoms with E-state index >= 15 is 0 Å².